The first-order valence-electron chi connectivity index (χ1n) is 3.71. The normalized spacial score (nSPS) is 16.5. The zero-order valence-electron chi connectivity index (χ0n) is 7.51. The molecule has 0 bridgehead atoms. The number of nitrogens with zero attached hydrogens (tertiary/aromatic N) is 2. The Bertz CT molecular complexity index is 331. The van der Waals surface area contributed by atoms with Gasteiger partial charge in [0.05, 0.1) is 11.4 Å². The molecule has 0 saturated carbocycles. The van der Waals surface area contributed by atoms with Crippen molar-refractivity contribution in [1.29, 1.82) is 21.6 Å². The Morgan fingerprint density at radius 3 is 1.13 bits per heavy atom. The van der Waals surface area contributed by atoms with Crippen LogP contribution in [0.25, 0.3) is 10.6 Å². The molecule has 0 atom stereocenters. The Hall–Kier alpha value is -1.72. The first-order valence-corrected chi connectivity index (χ1v) is 3.71. The zero-order valence-corrected chi connectivity index (χ0v) is 8.45. The molecule has 0 spiro atoms. The van der Waals surface area contributed by atoms with Gasteiger partial charge in [0.15, 0.2) is 0 Å². The van der Waals surface area contributed by atoms with E-state index in [9.17, 15) is 0 Å². The minimum atomic E-state index is 0. The maximum Gasteiger partial charge on any atom is 2.00 e. The third-order valence-electron chi connectivity index (χ3n) is 1.40. The molecule has 15 heavy (non-hydrogen) atoms. The summed E-state index contributed by atoms with van der Waals surface area (Å²) in [5.41, 5.74) is 0.389. The Morgan fingerprint density at radius 1 is 0.733 bits per heavy atom. The van der Waals surface area contributed by atoms with Gasteiger partial charge in [-0.25, -0.2) is 0 Å². The van der Waals surface area contributed by atoms with Gasteiger partial charge in [0.2, 0.25) is 0 Å². The number of hydrogen-bond donors (Lipinski definition) is 4. The second-order valence-corrected chi connectivity index (χ2v) is 2.41. The molecule has 0 saturated heterocycles. The summed E-state index contributed by atoms with van der Waals surface area (Å²) >= 11 is 0. The third kappa shape index (κ3) is 3.88. The van der Waals surface area contributed by atoms with E-state index in [0.717, 1.165) is 0 Å². The van der Waals surface area contributed by atoms with Crippen molar-refractivity contribution in [3.63, 3.8) is 0 Å². The van der Waals surface area contributed by atoms with Crippen LogP contribution in [0.5, 0.6) is 0 Å². The molecular formula is C8H8CuN6. The largest absolute Gasteiger partial charge is 2.00 e. The van der Waals surface area contributed by atoms with Crippen molar-refractivity contribution < 1.29 is 17.1 Å². The average molecular weight is 252 g/mol. The summed E-state index contributed by atoms with van der Waals surface area (Å²) in [7, 11) is 0. The fourth-order valence-corrected chi connectivity index (χ4v) is 0.670. The smallest absolute Gasteiger partial charge is 0.480 e. The second-order valence-electron chi connectivity index (χ2n) is 2.41. The predicted molar refractivity (Wildman–Crippen MR) is 55.9 cm³/mol. The summed E-state index contributed by atoms with van der Waals surface area (Å²) in [5.74, 6) is 0.111. The fraction of sp³-hybridized carbons (Fsp3) is 0. The van der Waals surface area contributed by atoms with Crippen LogP contribution >= 0.6 is 0 Å². The molecule has 2 heterocycles. The number of rotatable bonds is 0. The van der Waals surface area contributed by atoms with Gasteiger partial charge in [0.25, 0.3) is 0 Å². The van der Waals surface area contributed by atoms with Crippen molar-refractivity contribution >= 4 is 23.1 Å². The monoisotopic (exact) mass is 251 g/mol. The van der Waals surface area contributed by atoms with E-state index in [0.29, 0.717) is 0 Å². The van der Waals surface area contributed by atoms with Crippen LogP contribution in [0, 0.1) is 21.6 Å². The average Bonchev–Trinajstić information content (AvgIpc) is 2.67. The van der Waals surface area contributed by atoms with Gasteiger partial charge in [-0.1, -0.05) is 12.4 Å². The molecule has 81 valence electrons. The van der Waals surface area contributed by atoms with Gasteiger partial charge in [0.1, 0.15) is 0 Å². The maximum absolute atomic E-state index is 6.85. The van der Waals surface area contributed by atoms with Crippen LogP contribution in [0.3, 0.4) is 0 Å². The van der Waals surface area contributed by atoms with Crippen molar-refractivity contribution in [2.45, 2.75) is 0 Å². The first-order chi connectivity index (χ1) is 6.61. The zero-order chi connectivity index (χ0) is 10.6. The van der Waals surface area contributed by atoms with Gasteiger partial charge < -0.3 is 32.3 Å². The third-order valence-corrected chi connectivity index (χ3v) is 1.40. The molecule has 2 aliphatic rings. The van der Waals surface area contributed by atoms with Crippen molar-refractivity contribution in [2.75, 3.05) is 0 Å². The maximum atomic E-state index is 6.85. The molecule has 6 nitrogen and oxygen atoms in total. The van der Waals surface area contributed by atoms with E-state index < -0.39 is 0 Å². The van der Waals surface area contributed by atoms with Gasteiger partial charge >= 0.3 is 17.1 Å². The molecule has 0 aromatic heterocycles. The Morgan fingerprint density at radius 2 is 1.07 bits per heavy atom. The van der Waals surface area contributed by atoms with Gasteiger partial charge in [-0.05, 0) is 23.8 Å². The quantitative estimate of drug-likeness (QED) is 0.469. The van der Waals surface area contributed by atoms with Crippen LogP contribution in [0.4, 0.5) is 0 Å². The summed E-state index contributed by atoms with van der Waals surface area (Å²) in [5, 5.41) is 34.3. The molecule has 0 amide bonds. The summed E-state index contributed by atoms with van der Waals surface area (Å²) in [6.45, 7) is 0. The predicted octanol–water partition coefficient (Wildman–Crippen LogP) is 1.77. The van der Waals surface area contributed by atoms with Crippen molar-refractivity contribution in [3.05, 3.63) is 35.2 Å². The number of hydrogen-bond acceptors (Lipinski definition) is 4. The molecule has 2 aliphatic heterocycles. The minimum absolute atomic E-state index is 0. The Kier molecular flexibility index (Phi) is 5.22. The number of amidine groups is 2. The van der Waals surface area contributed by atoms with Gasteiger partial charge in [0, 0.05) is 0 Å². The fourth-order valence-electron chi connectivity index (χ4n) is 0.670. The van der Waals surface area contributed by atoms with Crippen molar-refractivity contribution in [3.8, 4) is 0 Å². The molecule has 7 heteroatoms. The molecular weight excluding hydrogens is 244 g/mol. The molecule has 4 N–H and O–H groups in total. The topological polar surface area (TPSA) is 124 Å². The minimum Gasteiger partial charge on any atom is -0.480 e. The molecule has 0 unspecified atom stereocenters. The molecule has 1 radical (unpaired) electrons. The van der Waals surface area contributed by atoms with E-state index >= 15 is 0 Å². The van der Waals surface area contributed by atoms with Gasteiger partial charge in [-0.2, -0.15) is 0 Å². The molecule has 0 fully saturated rings. The van der Waals surface area contributed by atoms with Crippen LogP contribution < -0.4 is 0 Å². The van der Waals surface area contributed by atoms with Crippen LogP contribution in [0.1, 0.15) is 0 Å². The Balaban J connectivity index is 0.000000245. The van der Waals surface area contributed by atoms with Gasteiger partial charge in [-0.15, -0.1) is 0 Å². The number of nitrogens with one attached hydrogen (secondary N) is 4. The van der Waals surface area contributed by atoms with Crippen LogP contribution in [0.2, 0.25) is 0 Å². The van der Waals surface area contributed by atoms with Crippen LogP contribution in [0.15, 0.2) is 24.6 Å². The standard InChI is InChI=1S/2C4H4N3.Cu/c2*5-3-1-2-7-4(3)6;/h2*1-2H,(H2-,5,6,7);/q2*-1;+2. The molecule has 0 aromatic carbocycles. The van der Waals surface area contributed by atoms with Crippen molar-refractivity contribution in [1.82, 2.24) is 0 Å². The van der Waals surface area contributed by atoms with Gasteiger partial charge in [-0.3, -0.25) is 0 Å². The summed E-state index contributed by atoms with van der Waals surface area (Å²) < 4.78 is 0. The Labute approximate surface area is 97.3 Å². The summed E-state index contributed by atoms with van der Waals surface area (Å²) in [6, 6.07) is 0. The SMILES string of the molecule is N=C1C=C[N-]C1=N.N=C1C=C[N-]C1=N.[Cu+2]. The first kappa shape index (κ1) is 13.3. The van der Waals surface area contributed by atoms with E-state index in [4.69, 9.17) is 21.6 Å². The molecule has 2 rings (SSSR count). The molecule has 0 aromatic rings. The van der Waals surface area contributed by atoms with Crippen molar-refractivity contribution in [2.24, 2.45) is 0 Å². The summed E-state index contributed by atoms with van der Waals surface area (Å²) in [6.07, 6.45) is 5.88. The van der Waals surface area contributed by atoms with E-state index in [1.807, 2.05) is 0 Å². The van der Waals surface area contributed by atoms with E-state index in [2.05, 4.69) is 10.6 Å². The van der Waals surface area contributed by atoms with Crippen LogP contribution in [-0.4, -0.2) is 23.1 Å². The van der Waals surface area contributed by atoms with E-state index in [1.54, 1.807) is 0 Å². The van der Waals surface area contributed by atoms with E-state index in [1.165, 1.54) is 24.6 Å². The second kappa shape index (κ2) is 5.89. The van der Waals surface area contributed by atoms with Crippen LogP contribution in [-0.2, 0) is 17.1 Å². The summed E-state index contributed by atoms with van der Waals surface area (Å²) in [4.78, 5) is 0. The van der Waals surface area contributed by atoms with E-state index in [-0.39, 0.29) is 40.2 Å². The molecule has 0 aliphatic carbocycles.